The molecule has 0 aromatic heterocycles. The third kappa shape index (κ3) is 3.65. The number of phenolic OH excluding ortho intramolecular Hbond substituents is 2. The molecule has 0 unspecified atom stereocenters. The molecule has 3 atom stereocenters. The molecule has 2 aliphatic rings. The molecule has 2 aliphatic heterocycles. The molecule has 1 fully saturated rings. The van der Waals surface area contributed by atoms with Crippen molar-refractivity contribution in [2.45, 2.75) is 38.1 Å². The van der Waals surface area contributed by atoms with Gasteiger partial charge in [-0.05, 0) is 24.6 Å². The van der Waals surface area contributed by atoms with E-state index in [1.165, 1.54) is 12.1 Å². The summed E-state index contributed by atoms with van der Waals surface area (Å²) in [6.45, 7) is 1.74. The number of aromatic hydroxyl groups is 2. The van der Waals surface area contributed by atoms with Crippen LogP contribution in [0.4, 0.5) is 0 Å². The summed E-state index contributed by atoms with van der Waals surface area (Å²) in [5.41, 5.74) is 0.128. The molecule has 6 heteroatoms. The number of epoxide rings is 1. The smallest absolute Gasteiger partial charge is 0.342 e. The molecule has 0 bridgehead atoms. The van der Waals surface area contributed by atoms with Gasteiger partial charge in [0.25, 0.3) is 0 Å². The van der Waals surface area contributed by atoms with Crippen molar-refractivity contribution in [3.05, 3.63) is 47.6 Å². The summed E-state index contributed by atoms with van der Waals surface area (Å²) in [6, 6.07) is 2.34. The summed E-state index contributed by atoms with van der Waals surface area (Å²) in [5, 5.41) is 19.7. The Balaban J connectivity index is 1.96. The third-order valence-corrected chi connectivity index (χ3v) is 3.94. The normalized spacial score (nSPS) is 29.6. The lowest BCUT2D eigenvalue weighted by molar-refractivity contribution is -0.114. The van der Waals surface area contributed by atoms with E-state index in [-0.39, 0.29) is 41.3 Å². The summed E-state index contributed by atoms with van der Waals surface area (Å²) < 4.78 is 10.8. The Kier molecular flexibility index (Phi) is 4.40. The van der Waals surface area contributed by atoms with E-state index in [1.54, 1.807) is 19.1 Å². The molecule has 126 valence electrons. The highest BCUT2D eigenvalue weighted by Crippen LogP contribution is 2.31. The summed E-state index contributed by atoms with van der Waals surface area (Å²) in [6.07, 6.45) is 6.51. The predicted molar refractivity (Wildman–Crippen MR) is 84.9 cm³/mol. The molecule has 3 rings (SSSR count). The molecule has 0 spiro atoms. The number of carbonyl (C=O) groups excluding carboxylic acids is 2. The molecule has 2 N–H and O–H groups in total. The zero-order valence-corrected chi connectivity index (χ0v) is 13.1. The van der Waals surface area contributed by atoms with E-state index >= 15 is 0 Å². The first-order valence-corrected chi connectivity index (χ1v) is 7.73. The summed E-state index contributed by atoms with van der Waals surface area (Å²) in [5.74, 6) is -1.63. The number of fused-ring (bicyclic) bond motifs is 2. The minimum absolute atomic E-state index is 0.0241. The largest absolute Gasteiger partial charge is 0.508 e. The summed E-state index contributed by atoms with van der Waals surface area (Å²) in [4.78, 5) is 24.4. The molecule has 1 aromatic carbocycles. The summed E-state index contributed by atoms with van der Waals surface area (Å²) >= 11 is 0. The lowest BCUT2D eigenvalue weighted by Crippen LogP contribution is -2.19. The van der Waals surface area contributed by atoms with Gasteiger partial charge in [0, 0.05) is 18.9 Å². The average molecular weight is 330 g/mol. The molecule has 1 aromatic rings. The van der Waals surface area contributed by atoms with Crippen molar-refractivity contribution in [1.29, 1.82) is 0 Å². The van der Waals surface area contributed by atoms with Crippen LogP contribution in [-0.4, -0.2) is 40.3 Å². The maximum atomic E-state index is 12.4. The molecule has 6 nitrogen and oxygen atoms in total. The Bertz CT molecular complexity index is 733. The Hall–Kier alpha value is -2.60. The Morgan fingerprint density at radius 3 is 2.75 bits per heavy atom. The van der Waals surface area contributed by atoms with Gasteiger partial charge < -0.3 is 19.7 Å². The first kappa shape index (κ1) is 16.3. The van der Waals surface area contributed by atoms with Gasteiger partial charge in [-0.3, -0.25) is 4.79 Å². The van der Waals surface area contributed by atoms with E-state index in [2.05, 4.69) is 0 Å². The van der Waals surface area contributed by atoms with Crippen molar-refractivity contribution < 1.29 is 29.3 Å². The second-order valence-electron chi connectivity index (χ2n) is 5.98. The van der Waals surface area contributed by atoms with Crippen LogP contribution in [0.15, 0.2) is 36.4 Å². The maximum Gasteiger partial charge on any atom is 0.342 e. The van der Waals surface area contributed by atoms with Crippen molar-refractivity contribution >= 4 is 11.8 Å². The van der Waals surface area contributed by atoms with Gasteiger partial charge in [0.05, 0.1) is 6.10 Å². The molecular weight excluding hydrogens is 312 g/mol. The fourth-order valence-electron chi connectivity index (χ4n) is 2.76. The number of esters is 1. The van der Waals surface area contributed by atoms with Crippen LogP contribution in [-0.2, 0) is 20.7 Å². The Labute approximate surface area is 139 Å². The lowest BCUT2D eigenvalue weighted by atomic mass is 10.00. The minimum Gasteiger partial charge on any atom is -0.508 e. The summed E-state index contributed by atoms with van der Waals surface area (Å²) in [7, 11) is 0. The number of hydrogen-bond acceptors (Lipinski definition) is 6. The zero-order chi connectivity index (χ0) is 17.3. The lowest BCUT2D eigenvalue weighted by Gasteiger charge is -2.15. The van der Waals surface area contributed by atoms with Crippen molar-refractivity contribution in [1.82, 2.24) is 0 Å². The van der Waals surface area contributed by atoms with Crippen LogP contribution in [0.3, 0.4) is 0 Å². The number of rotatable bonds is 0. The molecule has 2 heterocycles. The molecular formula is C18H18O6. The zero-order valence-electron chi connectivity index (χ0n) is 13.1. The molecule has 0 radical (unpaired) electrons. The van der Waals surface area contributed by atoms with Gasteiger partial charge in [0.1, 0.15) is 29.3 Å². The van der Waals surface area contributed by atoms with E-state index in [4.69, 9.17) is 9.47 Å². The Morgan fingerprint density at radius 2 is 1.96 bits per heavy atom. The van der Waals surface area contributed by atoms with Gasteiger partial charge in [-0.1, -0.05) is 18.2 Å². The first-order valence-electron chi connectivity index (χ1n) is 7.73. The number of allylic oxidation sites excluding steroid dienone is 3. The molecule has 0 amide bonds. The van der Waals surface area contributed by atoms with E-state index in [9.17, 15) is 19.8 Å². The average Bonchev–Trinajstić information content (AvgIpc) is 3.19. The van der Waals surface area contributed by atoms with Crippen LogP contribution in [0.1, 0.15) is 29.3 Å². The van der Waals surface area contributed by atoms with E-state index in [0.29, 0.717) is 6.42 Å². The van der Waals surface area contributed by atoms with Crippen molar-refractivity contribution in [2.24, 2.45) is 0 Å². The van der Waals surface area contributed by atoms with Crippen molar-refractivity contribution in [3.8, 4) is 11.5 Å². The van der Waals surface area contributed by atoms with E-state index < -0.39 is 17.8 Å². The van der Waals surface area contributed by atoms with Gasteiger partial charge in [-0.2, -0.15) is 0 Å². The van der Waals surface area contributed by atoms with Crippen LogP contribution in [0, 0.1) is 0 Å². The molecule has 0 saturated carbocycles. The minimum atomic E-state index is -0.725. The highest BCUT2D eigenvalue weighted by Gasteiger charge is 2.38. The highest BCUT2D eigenvalue weighted by molar-refractivity contribution is 5.98. The van der Waals surface area contributed by atoms with Crippen LogP contribution >= 0.6 is 0 Å². The van der Waals surface area contributed by atoms with E-state index in [1.807, 2.05) is 6.08 Å². The number of ether oxygens (including phenoxy) is 2. The van der Waals surface area contributed by atoms with Crippen molar-refractivity contribution in [3.63, 3.8) is 0 Å². The standard InChI is InChI=1S/C18H18O6/c1-10-6-16-15(24-16)5-3-2-4-12(19)7-11-8-13(20)9-14(21)17(11)18(22)23-10/h2-5,8-10,15-16,20-21H,6-7H2,1H3/b4-2+,5-3-/t10-,15-,16-/m1/s1. The van der Waals surface area contributed by atoms with Gasteiger partial charge in [-0.25, -0.2) is 4.79 Å². The molecule has 1 saturated heterocycles. The van der Waals surface area contributed by atoms with Crippen LogP contribution < -0.4 is 0 Å². The fourth-order valence-corrected chi connectivity index (χ4v) is 2.76. The highest BCUT2D eigenvalue weighted by atomic mass is 16.6. The number of hydrogen-bond donors (Lipinski definition) is 2. The Morgan fingerprint density at radius 1 is 1.17 bits per heavy atom. The second-order valence-corrected chi connectivity index (χ2v) is 5.98. The van der Waals surface area contributed by atoms with Crippen LogP contribution in [0.5, 0.6) is 11.5 Å². The number of benzene rings is 1. The van der Waals surface area contributed by atoms with Crippen LogP contribution in [0.2, 0.25) is 0 Å². The van der Waals surface area contributed by atoms with Gasteiger partial charge in [0.15, 0.2) is 5.78 Å². The third-order valence-electron chi connectivity index (χ3n) is 3.94. The number of phenols is 2. The SMILES string of the molecule is C[C@@H]1C[C@H]2O[C@@H]2/C=C\C=C\C(=O)Cc2cc(O)cc(O)c2C(=O)O1. The van der Waals surface area contributed by atoms with Crippen molar-refractivity contribution in [2.75, 3.05) is 0 Å². The monoisotopic (exact) mass is 330 g/mol. The van der Waals surface area contributed by atoms with Crippen LogP contribution in [0.25, 0.3) is 0 Å². The predicted octanol–water partition coefficient (Wildman–Crippen LogP) is 2.04. The molecule has 24 heavy (non-hydrogen) atoms. The molecule has 0 aliphatic carbocycles. The maximum absolute atomic E-state index is 12.4. The second kappa shape index (κ2) is 6.49. The first-order chi connectivity index (χ1) is 11.4. The fraction of sp³-hybridized carbons (Fsp3) is 0.333. The topological polar surface area (TPSA) is 96.4 Å². The number of carbonyl (C=O) groups is 2. The van der Waals surface area contributed by atoms with Gasteiger partial charge >= 0.3 is 5.97 Å². The number of ketones is 1. The van der Waals surface area contributed by atoms with Gasteiger partial charge in [-0.15, -0.1) is 0 Å². The quantitative estimate of drug-likeness (QED) is 0.558. The number of cyclic esters (lactones) is 1. The van der Waals surface area contributed by atoms with Gasteiger partial charge in [0.2, 0.25) is 0 Å². The van der Waals surface area contributed by atoms with E-state index in [0.717, 1.165) is 6.07 Å².